The number of hydrogen-bond acceptors (Lipinski definition) is 4. The number of H-pyrrole nitrogens is 1. The van der Waals surface area contributed by atoms with E-state index in [1.807, 2.05) is 37.3 Å². The van der Waals surface area contributed by atoms with Crippen LogP contribution in [0.1, 0.15) is 69.2 Å². The van der Waals surface area contributed by atoms with Crippen LogP contribution in [0.15, 0.2) is 44.9 Å². The normalized spacial score (nSPS) is 17.2. The van der Waals surface area contributed by atoms with Crippen LogP contribution in [0.3, 0.4) is 0 Å². The number of aromatic nitrogens is 2. The fourth-order valence-electron chi connectivity index (χ4n) is 3.70. The summed E-state index contributed by atoms with van der Waals surface area (Å²) in [5.41, 5.74) is 0.374. The Balaban J connectivity index is 2.02. The smallest absolute Gasteiger partial charge is 0.331 e. The number of nitrogens with zero attached hydrogens (tertiary/aromatic N) is 2. The van der Waals surface area contributed by atoms with Crippen molar-refractivity contribution in [2.75, 3.05) is 0 Å². The highest BCUT2D eigenvalue weighted by molar-refractivity contribution is 6.00. The average molecular weight is 355 g/mol. The van der Waals surface area contributed by atoms with Crippen LogP contribution in [0.2, 0.25) is 0 Å². The van der Waals surface area contributed by atoms with Gasteiger partial charge in [-0.3, -0.25) is 19.3 Å². The molecule has 1 aliphatic rings. The number of benzene rings is 1. The minimum absolute atomic E-state index is 0.0776. The van der Waals surface area contributed by atoms with Crippen LogP contribution in [-0.4, -0.2) is 20.4 Å². The van der Waals surface area contributed by atoms with E-state index >= 15 is 0 Å². The molecule has 0 spiro atoms. The van der Waals surface area contributed by atoms with Gasteiger partial charge in [0.2, 0.25) is 5.88 Å². The summed E-state index contributed by atoms with van der Waals surface area (Å²) in [4.78, 5) is 31.6. The number of aliphatic imine (C=N–C) groups is 1. The van der Waals surface area contributed by atoms with Gasteiger partial charge in [0.15, 0.2) is 0 Å². The third-order valence-electron chi connectivity index (χ3n) is 5.09. The van der Waals surface area contributed by atoms with Crippen LogP contribution in [0, 0.1) is 0 Å². The van der Waals surface area contributed by atoms with Gasteiger partial charge in [0, 0.05) is 6.04 Å². The third kappa shape index (κ3) is 3.64. The van der Waals surface area contributed by atoms with E-state index in [0.29, 0.717) is 5.71 Å². The van der Waals surface area contributed by atoms with Crippen molar-refractivity contribution in [3.63, 3.8) is 0 Å². The summed E-state index contributed by atoms with van der Waals surface area (Å²) in [7, 11) is 0. The molecule has 0 bridgehead atoms. The van der Waals surface area contributed by atoms with E-state index in [-0.39, 0.29) is 23.5 Å². The molecule has 1 aliphatic carbocycles. The number of aromatic amines is 1. The minimum atomic E-state index is -0.596. The lowest BCUT2D eigenvalue weighted by Gasteiger charge is -2.25. The zero-order valence-corrected chi connectivity index (χ0v) is 15.2. The summed E-state index contributed by atoms with van der Waals surface area (Å²) in [6, 6.07) is 9.50. The molecule has 0 radical (unpaired) electrons. The first-order chi connectivity index (χ1) is 12.5. The van der Waals surface area contributed by atoms with Crippen LogP contribution >= 0.6 is 0 Å². The van der Waals surface area contributed by atoms with Gasteiger partial charge in [-0.05, 0) is 32.3 Å². The third-order valence-corrected chi connectivity index (χ3v) is 5.09. The molecule has 26 heavy (non-hydrogen) atoms. The molecule has 0 amide bonds. The zero-order valence-electron chi connectivity index (χ0n) is 15.2. The van der Waals surface area contributed by atoms with Gasteiger partial charge in [0.1, 0.15) is 5.56 Å². The molecular formula is C20H25N3O3. The first kappa shape index (κ1) is 18.2. The highest BCUT2D eigenvalue weighted by Crippen LogP contribution is 2.30. The molecule has 3 rings (SSSR count). The van der Waals surface area contributed by atoms with Crippen LogP contribution in [-0.2, 0) is 0 Å². The van der Waals surface area contributed by atoms with E-state index in [0.717, 1.165) is 37.7 Å². The number of aromatic hydroxyl groups is 1. The van der Waals surface area contributed by atoms with Gasteiger partial charge < -0.3 is 5.11 Å². The maximum atomic E-state index is 12.3. The molecule has 0 aliphatic heterocycles. The van der Waals surface area contributed by atoms with Crippen LogP contribution < -0.4 is 11.2 Å². The van der Waals surface area contributed by atoms with Gasteiger partial charge in [-0.15, -0.1) is 0 Å². The zero-order chi connectivity index (χ0) is 18.7. The Kier molecular flexibility index (Phi) is 5.40. The highest BCUT2D eigenvalue weighted by atomic mass is 16.3. The summed E-state index contributed by atoms with van der Waals surface area (Å²) in [6.07, 6.45) is 4.83. The molecular weight excluding hydrogens is 330 g/mol. The Bertz CT molecular complexity index is 906. The molecule has 0 saturated heterocycles. The molecule has 6 nitrogen and oxygen atoms in total. The fraction of sp³-hybridized carbons (Fsp3) is 0.450. The van der Waals surface area contributed by atoms with Crippen molar-refractivity contribution in [2.24, 2.45) is 4.99 Å². The molecule has 6 heteroatoms. The number of hydrogen-bond donors (Lipinski definition) is 2. The quantitative estimate of drug-likeness (QED) is 0.825. The van der Waals surface area contributed by atoms with E-state index in [2.05, 4.69) is 9.98 Å². The van der Waals surface area contributed by atoms with Gasteiger partial charge >= 0.3 is 5.69 Å². The van der Waals surface area contributed by atoms with Gasteiger partial charge in [0.05, 0.1) is 11.8 Å². The van der Waals surface area contributed by atoms with E-state index in [9.17, 15) is 14.7 Å². The monoisotopic (exact) mass is 355 g/mol. The summed E-state index contributed by atoms with van der Waals surface area (Å²) in [5, 5.41) is 10.7. The average Bonchev–Trinajstić information content (AvgIpc) is 2.63. The van der Waals surface area contributed by atoms with Gasteiger partial charge in [-0.2, -0.15) is 0 Å². The maximum Gasteiger partial charge on any atom is 0.331 e. The molecule has 1 aromatic carbocycles. The molecule has 1 heterocycles. The van der Waals surface area contributed by atoms with Crippen LogP contribution in [0.25, 0.3) is 0 Å². The van der Waals surface area contributed by atoms with Gasteiger partial charge in [-0.1, -0.05) is 49.6 Å². The summed E-state index contributed by atoms with van der Waals surface area (Å²) < 4.78 is 1.34. The lowest BCUT2D eigenvalue weighted by Crippen LogP contribution is -2.36. The largest absolute Gasteiger partial charge is 0.494 e. The van der Waals surface area contributed by atoms with Gasteiger partial charge in [0.25, 0.3) is 5.56 Å². The Morgan fingerprint density at radius 1 is 1.19 bits per heavy atom. The van der Waals surface area contributed by atoms with Crippen molar-refractivity contribution in [1.82, 2.24) is 9.55 Å². The minimum Gasteiger partial charge on any atom is -0.494 e. The molecule has 1 atom stereocenters. The second-order valence-corrected chi connectivity index (χ2v) is 6.92. The predicted molar refractivity (Wildman–Crippen MR) is 102 cm³/mol. The SMILES string of the molecule is CC(=N[C@@H](C)c1ccccc1)c1c(O)n(C2CCCCC2)c(=O)[nH]c1=O. The van der Waals surface area contributed by atoms with E-state index in [4.69, 9.17) is 0 Å². The maximum absolute atomic E-state index is 12.3. The molecule has 2 aromatic rings. The van der Waals surface area contributed by atoms with Crippen molar-refractivity contribution in [3.8, 4) is 5.88 Å². The topological polar surface area (TPSA) is 87.4 Å². The Labute approximate surface area is 152 Å². The second kappa shape index (κ2) is 7.72. The summed E-state index contributed by atoms with van der Waals surface area (Å²) >= 11 is 0. The first-order valence-electron chi connectivity index (χ1n) is 9.16. The van der Waals surface area contributed by atoms with E-state index in [1.165, 1.54) is 4.57 Å². The standard InChI is InChI=1S/C20H25N3O3/c1-13(15-9-5-3-6-10-15)21-14(2)17-18(24)22-20(26)23(19(17)25)16-11-7-4-8-12-16/h3,5-6,9-10,13,16,25H,4,7-8,11-12H2,1-2H3,(H,22,24,26)/t13-/m0/s1. The van der Waals surface area contributed by atoms with Crippen molar-refractivity contribution < 1.29 is 5.11 Å². The van der Waals surface area contributed by atoms with Crippen molar-refractivity contribution in [3.05, 3.63) is 62.3 Å². The summed E-state index contributed by atoms with van der Waals surface area (Å²) in [6.45, 7) is 3.63. The number of nitrogens with one attached hydrogen (secondary N) is 1. The van der Waals surface area contributed by atoms with E-state index in [1.54, 1.807) is 6.92 Å². The Hall–Kier alpha value is -2.63. The fourth-order valence-corrected chi connectivity index (χ4v) is 3.70. The van der Waals surface area contributed by atoms with Gasteiger partial charge in [-0.25, -0.2) is 4.79 Å². The Morgan fingerprint density at radius 2 is 1.85 bits per heavy atom. The highest BCUT2D eigenvalue weighted by Gasteiger charge is 2.24. The van der Waals surface area contributed by atoms with Crippen molar-refractivity contribution in [2.45, 2.75) is 58.0 Å². The molecule has 0 unspecified atom stereocenters. The molecule has 1 fully saturated rings. The first-order valence-corrected chi connectivity index (χ1v) is 9.16. The molecule has 1 saturated carbocycles. The second-order valence-electron chi connectivity index (χ2n) is 6.92. The molecule has 138 valence electrons. The molecule has 1 aromatic heterocycles. The van der Waals surface area contributed by atoms with Crippen molar-refractivity contribution in [1.29, 1.82) is 0 Å². The van der Waals surface area contributed by atoms with E-state index < -0.39 is 11.2 Å². The molecule has 2 N–H and O–H groups in total. The lowest BCUT2D eigenvalue weighted by atomic mass is 9.95. The summed E-state index contributed by atoms with van der Waals surface area (Å²) in [5.74, 6) is -0.271. The Morgan fingerprint density at radius 3 is 2.50 bits per heavy atom. The predicted octanol–water partition coefficient (Wildman–Crippen LogP) is 3.32. The lowest BCUT2D eigenvalue weighted by molar-refractivity contribution is 0.298. The van der Waals surface area contributed by atoms with Crippen molar-refractivity contribution >= 4 is 5.71 Å². The van der Waals surface area contributed by atoms with Crippen LogP contribution in [0.5, 0.6) is 5.88 Å². The number of rotatable bonds is 4. The van der Waals surface area contributed by atoms with Crippen LogP contribution in [0.4, 0.5) is 0 Å².